The molecule has 0 atom stereocenters. The van der Waals surface area contributed by atoms with Gasteiger partial charge in [-0.15, -0.1) is 11.3 Å². The highest BCUT2D eigenvalue weighted by Crippen LogP contribution is 2.39. The molecule has 0 aliphatic heterocycles. The van der Waals surface area contributed by atoms with Crippen molar-refractivity contribution in [2.24, 2.45) is 0 Å². The molecule has 10 aromatic rings. The van der Waals surface area contributed by atoms with Crippen molar-refractivity contribution in [3.8, 4) is 56.8 Å². The average molecular weight is 672 g/mol. The maximum atomic E-state index is 5.14. The fourth-order valence-electron chi connectivity index (χ4n) is 6.43. The van der Waals surface area contributed by atoms with Gasteiger partial charge in [-0.1, -0.05) is 109 Å². The van der Waals surface area contributed by atoms with Crippen molar-refractivity contribution in [1.82, 2.24) is 34.9 Å². The van der Waals surface area contributed by atoms with Crippen molar-refractivity contribution in [3.05, 3.63) is 152 Å². The molecular formula is C43H25N7S. The van der Waals surface area contributed by atoms with Gasteiger partial charge in [-0.25, -0.2) is 24.9 Å². The normalized spacial score (nSPS) is 11.5. The predicted molar refractivity (Wildman–Crippen MR) is 206 cm³/mol. The molecule has 10 rings (SSSR count). The van der Waals surface area contributed by atoms with Crippen LogP contribution in [0.2, 0.25) is 0 Å². The first-order valence-electron chi connectivity index (χ1n) is 16.6. The Bertz CT molecular complexity index is 2830. The van der Waals surface area contributed by atoms with Crippen LogP contribution in [0.25, 0.3) is 98.9 Å². The molecule has 0 radical (unpaired) electrons. The molecule has 0 fully saturated rings. The third kappa shape index (κ3) is 5.26. The number of rotatable bonds is 5. The van der Waals surface area contributed by atoms with E-state index in [1.54, 1.807) is 11.3 Å². The summed E-state index contributed by atoms with van der Waals surface area (Å²) in [7, 11) is 0. The van der Waals surface area contributed by atoms with Crippen LogP contribution in [0.4, 0.5) is 0 Å². The topological polar surface area (TPSA) is 90.2 Å². The van der Waals surface area contributed by atoms with Gasteiger partial charge in [0.05, 0.1) is 26.9 Å². The molecule has 0 aliphatic carbocycles. The van der Waals surface area contributed by atoms with E-state index < -0.39 is 0 Å². The van der Waals surface area contributed by atoms with Gasteiger partial charge in [-0.3, -0.25) is 9.97 Å². The summed E-state index contributed by atoms with van der Waals surface area (Å²) in [6.07, 6.45) is 3.64. The second-order valence-corrected chi connectivity index (χ2v) is 13.3. The van der Waals surface area contributed by atoms with Crippen LogP contribution in [0, 0.1) is 0 Å². The zero-order valence-electron chi connectivity index (χ0n) is 27.0. The quantitative estimate of drug-likeness (QED) is 0.180. The van der Waals surface area contributed by atoms with Crippen LogP contribution in [-0.2, 0) is 0 Å². The van der Waals surface area contributed by atoms with E-state index in [1.165, 1.54) is 4.70 Å². The first-order valence-corrected chi connectivity index (χ1v) is 17.4. The lowest BCUT2D eigenvalue weighted by molar-refractivity contribution is 1.07. The van der Waals surface area contributed by atoms with E-state index >= 15 is 0 Å². The maximum absolute atomic E-state index is 5.14. The van der Waals surface area contributed by atoms with Crippen molar-refractivity contribution >= 4 is 53.4 Å². The summed E-state index contributed by atoms with van der Waals surface area (Å²) in [6.45, 7) is 0. The van der Waals surface area contributed by atoms with E-state index in [4.69, 9.17) is 24.9 Å². The Kier molecular flexibility index (Phi) is 6.85. The molecule has 0 bridgehead atoms. The fraction of sp³-hybridized carbons (Fsp3) is 0. The van der Waals surface area contributed by atoms with E-state index in [9.17, 15) is 0 Å². The Balaban J connectivity index is 1.11. The molecule has 8 heteroatoms. The van der Waals surface area contributed by atoms with Gasteiger partial charge in [0.2, 0.25) is 0 Å². The lowest BCUT2D eigenvalue weighted by Gasteiger charge is -2.10. The van der Waals surface area contributed by atoms with Crippen LogP contribution in [0.1, 0.15) is 0 Å². The number of fused-ring (bicyclic) bond motifs is 5. The monoisotopic (exact) mass is 671 g/mol. The van der Waals surface area contributed by atoms with Crippen molar-refractivity contribution in [2.45, 2.75) is 0 Å². The molecule has 0 unspecified atom stereocenters. The van der Waals surface area contributed by atoms with Crippen LogP contribution in [0.3, 0.4) is 0 Å². The molecule has 0 saturated carbocycles. The fourth-order valence-corrected chi connectivity index (χ4v) is 7.58. The van der Waals surface area contributed by atoms with Crippen molar-refractivity contribution in [3.63, 3.8) is 0 Å². The van der Waals surface area contributed by atoms with Crippen LogP contribution in [0.5, 0.6) is 0 Å². The average Bonchev–Trinajstić information content (AvgIpc) is 3.59. The van der Waals surface area contributed by atoms with Gasteiger partial charge < -0.3 is 0 Å². The van der Waals surface area contributed by atoms with E-state index in [1.807, 2.05) is 103 Å². The van der Waals surface area contributed by atoms with E-state index in [0.29, 0.717) is 23.3 Å². The summed E-state index contributed by atoms with van der Waals surface area (Å²) in [5.74, 6) is 2.29. The van der Waals surface area contributed by atoms with Gasteiger partial charge in [0.25, 0.3) is 0 Å². The predicted octanol–water partition coefficient (Wildman–Crippen LogP) is 10.5. The van der Waals surface area contributed by atoms with Gasteiger partial charge in [0.1, 0.15) is 0 Å². The minimum absolute atomic E-state index is 0.538. The number of hydrogen-bond acceptors (Lipinski definition) is 8. The summed E-state index contributed by atoms with van der Waals surface area (Å²) >= 11 is 1.73. The third-order valence-corrected chi connectivity index (χ3v) is 10.2. The molecule has 238 valence electrons. The standard InChI is InChI=1S/C43H25N7S/c1-2-10-26(11-3-1)37-39-38(33-14-6-9-17-36(33)51-39)47-40(46-37)27-18-20-28(21-19-27)41-48-42(31-22-29-12-4-7-15-34(29)44-24-31)50-43(49-41)32-23-30-13-5-8-16-35(30)45-25-32/h1-25H. The summed E-state index contributed by atoms with van der Waals surface area (Å²) in [6, 6.07) is 47.1. The van der Waals surface area contributed by atoms with Crippen molar-refractivity contribution in [2.75, 3.05) is 0 Å². The highest BCUT2D eigenvalue weighted by atomic mass is 32.1. The van der Waals surface area contributed by atoms with Crippen molar-refractivity contribution < 1.29 is 0 Å². The lowest BCUT2D eigenvalue weighted by atomic mass is 10.1. The number of benzene rings is 5. The summed E-state index contributed by atoms with van der Waals surface area (Å²) < 4.78 is 2.27. The summed E-state index contributed by atoms with van der Waals surface area (Å²) in [5.41, 5.74) is 8.14. The van der Waals surface area contributed by atoms with Gasteiger partial charge in [-0.05, 0) is 30.3 Å². The maximum Gasteiger partial charge on any atom is 0.165 e. The summed E-state index contributed by atoms with van der Waals surface area (Å²) in [5, 5.41) is 3.16. The Hall–Kier alpha value is -6.77. The zero-order valence-corrected chi connectivity index (χ0v) is 27.8. The van der Waals surface area contributed by atoms with Crippen molar-refractivity contribution in [1.29, 1.82) is 0 Å². The Morgan fingerprint density at radius 3 is 1.53 bits per heavy atom. The minimum Gasteiger partial charge on any atom is -0.255 e. The van der Waals surface area contributed by atoms with Crippen LogP contribution >= 0.6 is 11.3 Å². The number of hydrogen-bond donors (Lipinski definition) is 0. The molecular weight excluding hydrogens is 647 g/mol. The number of aromatic nitrogens is 7. The SMILES string of the molecule is c1ccc(-c2nc(-c3ccc(-c4nc(-c5cnc6ccccc6c5)nc(-c5cnc6ccccc6c5)n4)cc3)nc3c2sc2ccccc23)cc1. The highest BCUT2D eigenvalue weighted by molar-refractivity contribution is 7.26. The molecule has 51 heavy (non-hydrogen) atoms. The molecule has 0 aliphatic rings. The lowest BCUT2D eigenvalue weighted by Crippen LogP contribution is -2.01. The van der Waals surface area contributed by atoms with Gasteiger partial charge >= 0.3 is 0 Å². The molecule has 5 aromatic carbocycles. The largest absolute Gasteiger partial charge is 0.255 e. The minimum atomic E-state index is 0.538. The smallest absolute Gasteiger partial charge is 0.165 e. The summed E-state index contributed by atoms with van der Waals surface area (Å²) in [4.78, 5) is 34.5. The molecule has 0 N–H and O–H groups in total. The first-order chi connectivity index (χ1) is 25.2. The Morgan fingerprint density at radius 1 is 0.392 bits per heavy atom. The highest BCUT2D eigenvalue weighted by Gasteiger charge is 2.18. The second-order valence-electron chi connectivity index (χ2n) is 12.3. The van der Waals surface area contributed by atoms with E-state index in [-0.39, 0.29) is 0 Å². The van der Waals surface area contributed by atoms with Crippen LogP contribution in [0.15, 0.2) is 152 Å². The Labute approximate surface area is 296 Å². The molecule has 0 saturated heterocycles. The first kappa shape index (κ1) is 29.2. The van der Waals surface area contributed by atoms with E-state index in [2.05, 4.69) is 58.5 Å². The Morgan fingerprint density at radius 2 is 0.902 bits per heavy atom. The van der Waals surface area contributed by atoms with Gasteiger partial charge in [0, 0.05) is 61.1 Å². The number of para-hydroxylation sites is 2. The molecule has 5 heterocycles. The van der Waals surface area contributed by atoms with Crippen LogP contribution in [-0.4, -0.2) is 34.9 Å². The van der Waals surface area contributed by atoms with Gasteiger partial charge in [0.15, 0.2) is 23.3 Å². The zero-order chi connectivity index (χ0) is 33.7. The number of thiophene rings is 1. The number of pyridine rings is 2. The molecule has 0 spiro atoms. The van der Waals surface area contributed by atoms with E-state index in [0.717, 1.165) is 70.9 Å². The van der Waals surface area contributed by atoms with Gasteiger partial charge in [-0.2, -0.15) is 0 Å². The molecule has 0 amide bonds. The number of nitrogens with zero attached hydrogens (tertiary/aromatic N) is 7. The molecule has 7 nitrogen and oxygen atoms in total. The third-order valence-electron chi connectivity index (χ3n) is 9.00. The van der Waals surface area contributed by atoms with Crippen LogP contribution < -0.4 is 0 Å². The molecule has 5 aromatic heterocycles. The second kappa shape index (κ2) is 12.0.